The number of carbonyl (C=O) groups excluding carboxylic acids is 2. The normalized spacial score (nSPS) is 11.0. The summed E-state index contributed by atoms with van der Waals surface area (Å²) in [6.45, 7) is 3.33. The minimum absolute atomic E-state index is 0.0835. The molecule has 0 spiro atoms. The van der Waals surface area contributed by atoms with Crippen LogP contribution in [-0.4, -0.2) is 31.6 Å². The lowest BCUT2D eigenvalue weighted by Gasteiger charge is -2.23. The SMILES string of the molecule is CNC(C)(C)C(=O)Nc1cc(F)ccc1C(=O)OC. The Morgan fingerprint density at radius 2 is 1.95 bits per heavy atom. The van der Waals surface area contributed by atoms with Gasteiger partial charge in [0.15, 0.2) is 0 Å². The summed E-state index contributed by atoms with van der Waals surface area (Å²) in [6, 6.07) is 3.48. The molecule has 1 amide bonds. The first-order valence-electron chi connectivity index (χ1n) is 5.70. The number of amides is 1. The predicted molar refractivity (Wildman–Crippen MR) is 69.5 cm³/mol. The molecule has 0 atom stereocenters. The third kappa shape index (κ3) is 3.51. The Balaban J connectivity index is 3.09. The van der Waals surface area contributed by atoms with E-state index in [2.05, 4.69) is 15.4 Å². The summed E-state index contributed by atoms with van der Waals surface area (Å²) >= 11 is 0. The number of anilines is 1. The summed E-state index contributed by atoms with van der Waals surface area (Å²) in [7, 11) is 2.85. The Hall–Kier alpha value is -1.95. The van der Waals surface area contributed by atoms with Crippen LogP contribution < -0.4 is 10.6 Å². The molecule has 0 saturated carbocycles. The van der Waals surface area contributed by atoms with Crippen LogP contribution in [0.2, 0.25) is 0 Å². The van der Waals surface area contributed by atoms with E-state index in [0.717, 1.165) is 12.1 Å². The first kappa shape index (κ1) is 15.1. The van der Waals surface area contributed by atoms with Gasteiger partial charge in [-0.2, -0.15) is 0 Å². The van der Waals surface area contributed by atoms with Gasteiger partial charge in [0.2, 0.25) is 5.91 Å². The number of hydrogen-bond donors (Lipinski definition) is 2. The van der Waals surface area contributed by atoms with Crippen LogP contribution in [0.4, 0.5) is 10.1 Å². The lowest BCUT2D eigenvalue weighted by atomic mass is 10.0. The molecule has 19 heavy (non-hydrogen) atoms. The van der Waals surface area contributed by atoms with Crippen LogP contribution in [0, 0.1) is 5.82 Å². The molecule has 1 rings (SSSR count). The van der Waals surface area contributed by atoms with Gasteiger partial charge in [-0.05, 0) is 39.1 Å². The third-order valence-electron chi connectivity index (χ3n) is 2.83. The van der Waals surface area contributed by atoms with Gasteiger partial charge in [0, 0.05) is 0 Å². The van der Waals surface area contributed by atoms with Crippen LogP contribution >= 0.6 is 0 Å². The molecule has 0 bridgehead atoms. The van der Waals surface area contributed by atoms with E-state index in [4.69, 9.17) is 0 Å². The number of benzene rings is 1. The zero-order valence-corrected chi connectivity index (χ0v) is 11.3. The Morgan fingerprint density at radius 1 is 1.32 bits per heavy atom. The highest BCUT2D eigenvalue weighted by Gasteiger charge is 2.26. The highest BCUT2D eigenvalue weighted by atomic mass is 19.1. The van der Waals surface area contributed by atoms with Gasteiger partial charge in [-0.1, -0.05) is 0 Å². The third-order valence-corrected chi connectivity index (χ3v) is 2.83. The summed E-state index contributed by atoms with van der Waals surface area (Å²) in [5.41, 5.74) is -0.663. The van der Waals surface area contributed by atoms with Crippen molar-refractivity contribution in [2.24, 2.45) is 0 Å². The van der Waals surface area contributed by atoms with Gasteiger partial charge in [-0.3, -0.25) is 4.79 Å². The summed E-state index contributed by atoms with van der Waals surface area (Å²) in [5.74, 6) is -1.58. The van der Waals surface area contributed by atoms with Gasteiger partial charge in [-0.25, -0.2) is 9.18 Å². The molecule has 0 aromatic heterocycles. The number of hydrogen-bond acceptors (Lipinski definition) is 4. The van der Waals surface area contributed by atoms with Crippen molar-refractivity contribution in [3.63, 3.8) is 0 Å². The molecular weight excluding hydrogens is 251 g/mol. The van der Waals surface area contributed by atoms with Crippen LogP contribution in [0.25, 0.3) is 0 Å². The lowest BCUT2D eigenvalue weighted by Crippen LogP contribution is -2.48. The maximum atomic E-state index is 13.2. The topological polar surface area (TPSA) is 67.4 Å². The average molecular weight is 268 g/mol. The number of methoxy groups -OCH3 is 1. The molecule has 0 saturated heterocycles. The van der Waals surface area contributed by atoms with Gasteiger partial charge < -0.3 is 15.4 Å². The van der Waals surface area contributed by atoms with Crippen molar-refractivity contribution in [3.8, 4) is 0 Å². The first-order valence-corrected chi connectivity index (χ1v) is 5.70. The smallest absolute Gasteiger partial charge is 0.339 e. The number of likely N-dealkylation sites (N-methyl/N-ethyl adjacent to an activating group) is 1. The minimum atomic E-state index is -0.848. The van der Waals surface area contributed by atoms with Crippen molar-refractivity contribution in [2.45, 2.75) is 19.4 Å². The van der Waals surface area contributed by atoms with E-state index in [1.165, 1.54) is 13.2 Å². The van der Waals surface area contributed by atoms with Crippen LogP contribution in [0.3, 0.4) is 0 Å². The molecule has 0 heterocycles. The first-order chi connectivity index (χ1) is 8.81. The van der Waals surface area contributed by atoms with Crippen molar-refractivity contribution in [1.82, 2.24) is 5.32 Å². The molecule has 2 N–H and O–H groups in total. The van der Waals surface area contributed by atoms with Crippen molar-refractivity contribution < 1.29 is 18.7 Å². The highest BCUT2D eigenvalue weighted by Crippen LogP contribution is 2.19. The van der Waals surface area contributed by atoms with Crippen LogP contribution in [0.15, 0.2) is 18.2 Å². The van der Waals surface area contributed by atoms with Crippen LogP contribution in [0.1, 0.15) is 24.2 Å². The fraction of sp³-hybridized carbons (Fsp3) is 0.385. The quantitative estimate of drug-likeness (QED) is 0.813. The summed E-state index contributed by atoms with van der Waals surface area (Å²) < 4.78 is 17.8. The fourth-order valence-corrected chi connectivity index (χ4v) is 1.30. The van der Waals surface area contributed by atoms with E-state index in [-0.39, 0.29) is 17.2 Å². The highest BCUT2D eigenvalue weighted by molar-refractivity contribution is 6.03. The summed E-state index contributed by atoms with van der Waals surface area (Å²) in [4.78, 5) is 23.5. The number of rotatable bonds is 4. The van der Waals surface area contributed by atoms with E-state index in [1.807, 2.05) is 0 Å². The van der Waals surface area contributed by atoms with E-state index >= 15 is 0 Å². The molecule has 104 valence electrons. The molecule has 6 heteroatoms. The average Bonchev–Trinajstić information content (AvgIpc) is 2.38. The molecule has 5 nitrogen and oxygen atoms in total. The molecular formula is C13H17FN2O3. The molecule has 1 aromatic carbocycles. The van der Waals surface area contributed by atoms with Crippen molar-refractivity contribution in [2.75, 3.05) is 19.5 Å². The molecule has 0 aliphatic heterocycles. The Morgan fingerprint density at radius 3 is 2.47 bits per heavy atom. The maximum Gasteiger partial charge on any atom is 0.339 e. The largest absolute Gasteiger partial charge is 0.465 e. The van der Waals surface area contributed by atoms with Gasteiger partial charge in [0.25, 0.3) is 0 Å². The second kappa shape index (κ2) is 5.79. The van der Waals surface area contributed by atoms with E-state index < -0.39 is 17.3 Å². The van der Waals surface area contributed by atoms with Gasteiger partial charge in [0.1, 0.15) is 5.82 Å². The van der Waals surface area contributed by atoms with Crippen LogP contribution in [0.5, 0.6) is 0 Å². The zero-order valence-electron chi connectivity index (χ0n) is 11.3. The second-order valence-corrected chi connectivity index (χ2v) is 4.51. The Labute approximate surface area is 111 Å². The zero-order chi connectivity index (χ0) is 14.6. The molecule has 0 fully saturated rings. The molecule has 1 aromatic rings. The number of nitrogens with one attached hydrogen (secondary N) is 2. The predicted octanol–water partition coefficient (Wildman–Crippen LogP) is 1.55. The molecule has 0 aliphatic carbocycles. The number of ether oxygens (including phenoxy) is 1. The number of esters is 1. The Kier molecular flexibility index (Phi) is 4.61. The van der Waals surface area contributed by atoms with Gasteiger partial charge in [0.05, 0.1) is 23.9 Å². The van der Waals surface area contributed by atoms with Crippen molar-refractivity contribution >= 4 is 17.6 Å². The van der Waals surface area contributed by atoms with E-state index in [9.17, 15) is 14.0 Å². The summed E-state index contributed by atoms with van der Waals surface area (Å²) in [6.07, 6.45) is 0. The molecule has 0 radical (unpaired) electrons. The monoisotopic (exact) mass is 268 g/mol. The van der Waals surface area contributed by atoms with E-state index in [1.54, 1.807) is 20.9 Å². The maximum absolute atomic E-state index is 13.2. The fourth-order valence-electron chi connectivity index (χ4n) is 1.30. The van der Waals surface area contributed by atoms with Gasteiger partial charge in [-0.15, -0.1) is 0 Å². The van der Waals surface area contributed by atoms with Crippen LogP contribution in [-0.2, 0) is 9.53 Å². The summed E-state index contributed by atoms with van der Waals surface area (Å²) in [5, 5.41) is 5.33. The van der Waals surface area contributed by atoms with E-state index in [0.29, 0.717) is 0 Å². The number of halogens is 1. The van der Waals surface area contributed by atoms with Gasteiger partial charge >= 0.3 is 5.97 Å². The lowest BCUT2D eigenvalue weighted by molar-refractivity contribution is -0.121. The minimum Gasteiger partial charge on any atom is -0.465 e. The Bertz CT molecular complexity index is 501. The second-order valence-electron chi connectivity index (χ2n) is 4.51. The standard InChI is InChI=1S/C13H17FN2O3/c1-13(2,15-3)12(18)16-10-7-8(14)5-6-9(10)11(17)19-4/h5-7,15H,1-4H3,(H,16,18). The molecule has 0 unspecified atom stereocenters. The molecule has 0 aliphatic rings. The van der Waals surface area contributed by atoms with Crippen molar-refractivity contribution in [1.29, 1.82) is 0 Å². The van der Waals surface area contributed by atoms with Crippen molar-refractivity contribution in [3.05, 3.63) is 29.6 Å². The number of carbonyl (C=O) groups is 2.